The number of anilines is 1. The molecule has 1 fully saturated rings. The fourth-order valence-corrected chi connectivity index (χ4v) is 1.58. The van der Waals surface area contributed by atoms with Gasteiger partial charge in [0.25, 0.3) is 0 Å². The van der Waals surface area contributed by atoms with Gasteiger partial charge in [-0.05, 0) is 30.9 Å². The SMILES string of the molecule is O=C(O)c1ccc(NCC2CCC2)cn1. The molecule has 4 heteroatoms. The second-order valence-electron chi connectivity index (χ2n) is 3.92. The van der Waals surface area contributed by atoms with E-state index in [1.54, 1.807) is 12.3 Å². The number of nitrogens with one attached hydrogen (secondary N) is 1. The Balaban J connectivity index is 1.88. The first kappa shape index (κ1) is 9.96. The van der Waals surface area contributed by atoms with E-state index < -0.39 is 5.97 Å². The fraction of sp³-hybridized carbons (Fsp3) is 0.455. The minimum atomic E-state index is -0.986. The summed E-state index contributed by atoms with van der Waals surface area (Å²) in [4.78, 5) is 14.4. The highest BCUT2D eigenvalue weighted by Crippen LogP contribution is 2.26. The van der Waals surface area contributed by atoms with Crippen molar-refractivity contribution >= 4 is 11.7 Å². The minimum Gasteiger partial charge on any atom is -0.477 e. The van der Waals surface area contributed by atoms with Crippen molar-refractivity contribution in [2.45, 2.75) is 19.3 Å². The molecule has 1 aromatic rings. The van der Waals surface area contributed by atoms with Gasteiger partial charge in [0.05, 0.1) is 11.9 Å². The summed E-state index contributed by atoms with van der Waals surface area (Å²) in [6.07, 6.45) is 5.51. The molecule has 1 aromatic heterocycles. The molecule has 2 rings (SSSR count). The lowest BCUT2D eigenvalue weighted by Crippen LogP contribution is -2.20. The zero-order valence-electron chi connectivity index (χ0n) is 8.44. The van der Waals surface area contributed by atoms with E-state index in [0.717, 1.165) is 18.2 Å². The van der Waals surface area contributed by atoms with Gasteiger partial charge in [0.15, 0.2) is 0 Å². The predicted octanol–water partition coefficient (Wildman–Crippen LogP) is 1.99. The Bertz CT molecular complexity index is 344. The lowest BCUT2D eigenvalue weighted by molar-refractivity contribution is 0.0690. The molecule has 0 radical (unpaired) electrons. The van der Waals surface area contributed by atoms with Crippen LogP contribution in [0.3, 0.4) is 0 Å². The van der Waals surface area contributed by atoms with Gasteiger partial charge in [-0.1, -0.05) is 6.42 Å². The number of carbonyl (C=O) groups is 1. The number of nitrogens with zero attached hydrogens (tertiary/aromatic N) is 1. The molecular formula is C11H14N2O2. The van der Waals surface area contributed by atoms with Gasteiger partial charge < -0.3 is 10.4 Å². The third kappa shape index (κ3) is 2.46. The van der Waals surface area contributed by atoms with Crippen LogP contribution in [0, 0.1) is 5.92 Å². The molecular weight excluding hydrogens is 192 g/mol. The highest BCUT2D eigenvalue weighted by atomic mass is 16.4. The Morgan fingerprint density at radius 2 is 2.33 bits per heavy atom. The van der Waals surface area contributed by atoms with E-state index >= 15 is 0 Å². The molecule has 1 aliphatic carbocycles. The normalized spacial score (nSPS) is 15.7. The average molecular weight is 206 g/mol. The van der Waals surface area contributed by atoms with Crippen LogP contribution in [0.2, 0.25) is 0 Å². The van der Waals surface area contributed by atoms with Crippen molar-refractivity contribution in [3.05, 3.63) is 24.0 Å². The molecule has 15 heavy (non-hydrogen) atoms. The summed E-state index contributed by atoms with van der Waals surface area (Å²) in [6.45, 7) is 0.966. The third-order valence-corrected chi connectivity index (χ3v) is 2.80. The lowest BCUT2D eigenvalue weighted by Gasteiger charge is -2.25. The molecule has 4 nitrogen and oxygen atoms in total. The van der Waals surface area contributed by atoms with E-state index in [0.29, 0.717) is 0 Å². The predicted molar refractivity (Wildman–Crippen MR) is 57.0 cm³/mol. The van der Waals surface area contributed by atoms with Gasteiger partial charge >= 0.3 is 5.97 Å². The summed E-state index contributed by atoms with van der Waals surface area (Å²) in [7, 11) is 0. The van der Waals surface area contributed by atoms with Crippen molar-refractivity contribution in [2.24, 2.45) is 5.92 Å². The highest BCUT2D eigenvalue weighted by molar-refractivity contribution is 5.85. The first-order valence-electron chi connectivity index (χ1n) is 5.19. The van der Waals surface area contributed by atoms with Crippen molar-refractivity contribution in [1.82, 2.24) is 4.98 Å². The van der Waals surface area contributed by atoms with Gasteiger partial charge in [0.2, 0.25) is 0 Å². The fourth-order valence-electron chi connectivity index (χ4n) is 1.58. The molecule has 1 saturated carbocycles. The summed E-state index contributed by atoms with van der Waals surface area (Å²) in [5.41, 5.74) is 0.982. The van der Waals surface area contributed by atoms with Crippen LogP contribution in [0.15, 0.2) is 18.3 Å². The molecule has 0 aliphatic heterocycles. The minimum absolute atomic E-state index is 0.0872. The smallest absolute Gasteiger partial charge is 0.354 e. The molecule has 1 heterocycles. The Morgan fingerprint density at radius 1 is 1.53 bits per heavy atom. The van der Waals surface area contributed by atoms with Crippen LogP contribution in [-0.2, 0) is 0 Å². The Hall–Kier alpha value is -1.58. The summed E-state index contributed by atoms with van der Waals surface area (Å²) < 4.78 is 0. The maximum atomic E-state index is 10.6. The second kappa shape index (κ2) is 4.29. The number of carboxylic acids is 1. The zero-order valence-corrected chi connectivity index (χ0v) is 8.44. The average Bonchev–Trinajstić information content (AvgIpc) is 2.16. The summed E-state index contributed by atoms with van der Waals surface area (Å²) in [6, 6.07) is 3.28. The van der Waals surface area contributed by atoms with Crippen LogP contribution in [0.4, 0.5) is 5.69 Å². The van der Waals surface area contributed by atoms with Gasteiger partial charge in [0, 0.05) is 6.54 Å². The number of rotatable bonds is 4. The summed E-state index contributed by atoms with van der Waals surface area (Å²) >= 11 is 0. The van der Waals surface area contributed by atoms with Crippen molar-refractivity contribution in [3.63, 3.8) is 0 Å². The molecule has 0 amide bonds. The molecule has 1 aliphatic rings. The topological polar surface area (TPSA) is 62.2 Å². The monoisotopic (exact) mass is 206 g/mol. The third-order valence-electron chi connectivity index (χ3n) is 2.80. The van der Waals surface area contributed by atoms with Crippen molar-refractivity contribution in [2.75, 3.05) is 11.9 Å². The molecule has 0 atom stereocenters. The molecule has 80 valence electrons. The number of aromatic nitrogens is 1. The van der Waals surface area contributed by atoms with E-state index in [2.05, 4.69) is 10.3 Å². The van der Waals surface area contributed by atoms with E-state index in [9.17, 15) is 4.79 Å². The van der Waals surface area contributed by atoms with Crippen LogP contribution in [0.25, 0.3) is 0 Å². The van der Waals surface area contributed by atoms with Gasteiger partial charge in [-0.3, -0.25) is 0 Å². The number of carboxylic acid groups (broad SMARTS) is 1. The van der Waals surface area contributed by atoms with Crippen LogP contribution in [0.1, 0.15) is 29.8 Å². The Kier molecular flexibility index (Phi) is 2.85. The number of aromatic carboxylic acids is 1. The maximum absolute atomic E-state index is 10.6. The number of hydrogen-bond acceptors (Lipinski definition) is 3. The van der Waals surface area contributed by atoms with Gasteiger partial charge in [-0.2, -0.15) is 0 Å². The Labute approximate surface area is 88.3 Å². The molecule has 0 bridgehead atoms. The number of hydrogen-bond donors (Lipinski definition) is 2. The van der Waals surface area contributed by atoms with Crippen molar-refractivity contribution < 1.29 is 9.90 Å². The van der Waals surface area contributed by atoms with E-state index in [1.807, 2.05) is 0 Å². The van der Waals surface area contributed by atoms with Crippen LogP contribution in [-0.4, -0.2) is 22.6 Å². The van der Waals surface area contributed by atoms with E-state index in [4.69, 9.17) is 5.11 Å². The molecule has 0 saturated heterocycles. The highest BCUT2D eigenvalue weighted by Gasteiger charge is 2.16. The van der Waals surface area contributed by atoms with Gasteiger partial charge in [-0.15, -0.1) is 0 Å². The second-order valence-corrected chi connectivity index (χ2v) is 3.92. The van der Waals surface area contributed by atoms with Gasteiger partial charge in [0.1, 0.15) is 5.69 Å². The van der Waals surface area contributed by atoms with E-state index in [-0.39, 0.29) is 5.69 Å². The lowest BCUT2D eigenvalue weighted by atomic mass is 9.85. The van der Waals surface area contributed by atoms with Crippen LogP contribution >= 0.6 is 0 Å². The summed E-state index contributed by atoms with van der Waals surface area (Å²) in [5.74, 6) is -0.204. The van der Waals surface area contributed by atoms with Crippen molar-refractivity contribution in [1.29, 1.82) is 0 Å². The molecule has 0 unspecified atom stereocenters. The number of pyridine rings is 1. The van der Waals surface area contributed by atoms with Crippen molar-refractivity contribution in [3.8, 4) is 0 Å². The molecule has 0 aromatic carbocycles. The molecule has 0 spiro atoms. The largest absolute Gasteiger partial charge is 0.477 e. The zero-order chi connectivity index (χ0) is 10.7. The quantitative estimate of drug-likeness (QED) is 0.790. The van der Waals surface area contributed by atoms with Crippen LogP contribution in [0.5, 0.6) is 0 Å². The molecule has 2 N–H and O–H groups in total. The van der Waals surface area contributed by atoms with Gasteiger partial charge in [-0.25, -0.2) is 9.78 Å². The van der Waals surface area contributed by atoms with E-state index in [1.165, 1.54) is 25.3 Å². The summed E-state index contributed by atoms with van der Waals surface area (Å²) in [5, 5.41) is 11.9. The maximum Gasteiger partial charge on any atom is 0.354 e. The first-order valence-corrected chi connectivity index (χ1v) is 5.19. The Morgan fingerprint density at radius 3 is 2.80 bits per heavy atom. The van der Waals surface area contributed by atoms with Crippen LogP contribution < -0.4 is 5.32 Å². The standard InChI is InChI=1S/C11H14N2O2/c14-11(15)10-5-4-9(7-13-10)12-6-8-2-1-3-8/h4-5,7-8,12H,1-3,6H2,(H,14,15). The first-order chi connectivity index (χ1) is 7.25.